The summed E-state index contributed by atoms with van der Waals surface area (Å²) in [5.41, 5.74) is 11.1. The average molecular weight is 604 g/mol. The first-order valence-corrected chi connectivity index (χ1v) is 16.2. The van der Waals surface area contributed by atoms with Crippen molar-refractivity contribution < 1.29 is 9.53 Å². The molecule has 3 heteroatoms. The summed E-state index contributed by atoms with van der Waals surface area (Å²) in [7, 11) is 0. The highest BCUT2D eigenvalue weighted by molar-refractivity contribution is 6.00. The normalized spacial score (nSPS) is 11.2. The molecule has 6 aromatic carbocycles. The van der Waals surface area contributed by atoms with Crippen LogP contribution in [-0.2, 0) is 6.42 Å². The lowest BCUT2D eigenvalue weighted by Crippen LogP contribution is -2.12. The van der Waals surface area contributed by atoms with Crippen LogP contribution in [0.1, 0.15) is 65.7 Å². The first-order chi connectivity index (χ1) is 22.3. The summed E-state index contributed by atoms with van der Waals surface area (Å²) in [6.45, 7) is 10.9. The predicted molar refractivity (Wildman–Crippen MR) is 193 cm³/mol. The van der Waals surface area contributed by atoms with Gasteiger partial charge >= 0.3 is 5.97 Å². The Bertz CT molecular complexity index is 1970. The maximum Gasteiger partial charge on any atom is 0.343 e. The van der Waals surface area contributed by atoms with Gasteiger partial charge in [0, 0.05) is 16.8 Å². The lowest BCUT2D eigenvalue weighted by atomic mass is 9.91. The van der Waals surface area contributed by atoms with Gasteiger partial charge in [0.05, 0.1) is 11.3 Å². The molecule has 0 saturated heterocycles. The van der Waals surface area contributed by atoms with E-state index in [1.54, 1.807) is 0 Å². The fourth-order valence-electron chi connectivity index (χ4n) is 6.09. The number of anilines is 3. The molecule has 6 rings (SSSR count). The highest BCUT2D eigenvalue weighted by Crippen LogP contribution is 2.39. The van der Waals surface area contributed by atoms with Gasteiger partial charge in [-0.2, -0.15) is 0 Å². The number of rotatable bonds is 9. The minimum absolute atomic E-state index is 0.379. The van der Waals surface area contributed by atoms with Crippen LogP contribution < -0.4 is 9.64 Å². The number of ether oxygens (including phenoxy) is 1. The number of aryl methyl sites for hydroxylation is 3. The molecule has 0 aliphatic heterocycles. The Labute approximate surface area is 273 Å². The van der Waals surface area contributed by atoms with E-state index in [-0.39, 0.29) is 5.97 Å². The van der Waals surface area contributed by atoms with E-state index in [0.29, 0.717) is 17.2 Å². The molecule has 0 aliphatic carbocycles. The van der Waals surface area contributed by atoms with Gasteiger partial charge in [0.15, 0.2) is 0 Å². The van der Waals surface area contributed by atoms with Crippen LogP contribution in [0.3, 0.4) is 0 Å². The summed E-state index contributed by atoms with van der Waals surface area (Å²) in [4.78, 5) is 15.5. The predicted octanol–water partition coefficient (Wildman–Crippen LogP) is 11.9. The first kappa shape index (κ1) is 30.9. The van der Waals surface area contributed by atoms with E-state index in [9.17, 15) is 4.79 Å². The number of hydrogen-bond donors (Lipinski definition) is 0. The third kappa shape index (κ3) is 6.46. The van der Waals surface area contributed by atoms with Crippen LogP contribution in [-0.4, -0.2) is 5.97 Å². The molecule has 0 saturated carbocycles. The van der Waals surface area contributed by atoms with E-state index < -0.39 is 0 Å². The molecule has 0 amide bonds. The monoisotopic (exact) mass is 603 g/mol. The van der Waals surface area contributed by atoms with Crippen LogP contribution in [0.15, 0.2) is 127 Å². The van der Waals surface area contributed by atoms with E-state index in [2.05, 4.69) is 131 Å². The van der Waals surface area contributed by atoms with E-state index in [4.69, 9.17) is 4.74 Å². The first-order valence-electron chi connectivity index (χ1n) is 16.2. The fourth-order valence-corrected chi connectivity index (χ4v) is 6.09. The molecule has 0 bridgehead atoms. The lowest BCUT2D eigenvalue weighted by molar-refractivity contribution is 0.0735. The Hall–Kier alpha value is -5.15. The van der Waals surface area contributed by atoms with Crippen molar-refractivity contribution in [2.45, 2.75) is 53.4 Å². The van der Waals surface area contributed by atoms with Crippen molar-refractivity contribution in [3.8, 4) is 16.9 Å². The van der Waals surface area contributed by atoms with Gasteiger partial charge in [0.1, 0.15) is 5.75 Å². The van der Waals surface area contributed by atoms with Gasteiger partial charge in [-0.1, -0.05) is 106 Å². The maximum absolute atomic E-state index is 13.3. The minimum Gasteiger partial charge on any atom is -0.423 e. The van der Waals surface area contributed by atoms with Crippen molar-refractivity contribution in [2.24, 2.45) is 0 Å². The van der Waals surface area contributed by atoms with Crippen LogP contribution in [0.5, 0.6) is 5.75 Å². The largest absolute Gasteiger partial charge is 0.423 e. The maximum atomic E-state index is 13.3. The highest BCUT2D eigenvalue weighted by atomic mass is 16.5. The molecule has 0 spiro atoms. The number of nitrogens with zero attached hydrogens (tertiary/aromatic N) is 1. The smallest absolute Gasteiger partial charge is 0.343 e. The Balaban J connectivity index is 1.26. The number of esters is 1. The lowest BCUT2D eigenvalue weighted by Gasteiger charge is -2.27. The number of fused-ring (bicyclic) bond motifs is 1. The third-order valence-electron chi connectivity index (χ3n) is 8.71. The highest BCUT2D eigenvalue weighted by Gasteiger charge is 2.17. The third-order valence-corrected chi connectivity index (χ3v) is 8.71. The zero-order valence-corrected chi connectivity index (χ0v) is 27.4. The SMILES string of the molecule is CCCc1ccc(C(C)C)cc1-c1ccc(OC(=O)c2ccc(N(c3ccc(C)cc3)c3cccc4c(C)cccc34)cc2)cc1. The van der Waals surface area contributed by atoms with E-state index in [1.807, 2.05) is 36.4 Å². The van der Waals surface area contributed by atoms with Crippen molar-refractivity contribution in [1.82, 2.24) is 0 Å². The summed E-state index contributed by atoms with van der Waals surface area (Å²) >= 11 is 0. The van der Waals surface area contributed by atoms with Crippen LogP contribution >= 0.6 is 0 Å². The van der Waals surface area contributed by atoms with E-state index in [0.717, 1.165) is 35.5 Å². The molecule has 46 heavy (non-hydrogen) atoms. The topological polar surface area (TPSA) is 29.5 Å². The van der Waals surface area contributed by atoms with Gasteiger partial charge in [-0.3, -0.25) is 0 Å². The van der Waals surface area contributed by atoms with E-state index in [1.165, 1.54) is 38.6 Å². The Kier molecular flexibility index (Phi) is 9.03. The number of carbonyl (C=O) groups excluding carboxylic acids is 1. The average Bonchev–Trinajstić information content (AvgIpc) is 3.07. The number of hydrogen-bond acceptors (Lipinski definition) is 3. The van der Waals surface area contributed by atoms with Crippen LogP contribution in [0.2, 0.25) is 0 Å². The van der Waals surface area contributed by atoms with Gasteiger partial charge in [0.2, 0.25) is 0 Å². The molecule has 3 nitrogen and oxygen atoms in total. The van der Waals surface area contributed by atoms with Crippen molar-refractivity contribution in [1.29, 1.82) is 0 Å². The van der Waals surface area contributed by atoms with Crippen molar-refractivity contribution >= 4 is 33.8 Å². The fraction of sp³-hybridized carbons (Fsp3) is 0.186. The molecule has 0 N–H and O–H groups in total. The zero-order chi connectivity index (χ0) is 32.2. The number of carbonyl (C=O) groups is 1. The molecule has 6 aromatic rings. The standard InChI is InChI=1S/C43H41NO2/c1-6-9-32-16-17-35(29(2)3)28-41(32)33-20-26-38(27-21-33)46-43(45)34-18-24-37(25-19-34)44(36-22-14-30(4)15-23-36)42-13-8-11-39-31(5)10-7-12-40(39)42/h7-8,10-29H,6,9H2,1-5H3. The molecule has 0 atom stereocenters. The van der Waals surface area contributed by atoms with E-state index >= 15 is 0 Å². The van der Waals surface area contributed by atoms with Gasteiger partial charge in [-0.05, 0) is 114 Å². The quantitative estimate of drug-likeness (QED) is 0.122. The van der Waals surface area contributed by atoms with Crippen LogP contribution in [0, 0.1) is 13.8 Å². The van der Waals surface area contributed by atoms with Gasteiger partial charge < -0.3 is 9.64 Å². The Morgan fingerprint density at radius 2 is 1.37 bits per heavy atom. The van der Waals surface area contributed by atoms with Crippen molar-refractivity contribution in [3.63, 3.8) is 0 Å². The zero-order valence-electron chi connectivity index (χ0n) is 27.4. The van der Waals surface area contributed by atoms with Crippen LogP contribution in [0.25, 0.3) is 21.9 Å². The number of benzene rings is 6. The molecule has 230 valence electrons. The van der Waals surface area contributed by atoms with Gasteiger partial charge in [-0.15, -0.1) is 0 Å². The molecular formula is C43H41NO2. The Morgan fingerprint density at radius 3 is 2.04 bits per heavy atom. The second-order valence-electron chi connectivity index (χ2n) is 12.4. The summed E-state index contributed by atoms with van der Waals surface area (Å²) < 4.78 is 5.83. The molecule has 0 aromatic heterocycles. The van der Waals surface area contributed by atoms with Gasteiger partial charge in [-0.25, -0.2) is 4.79 Å². The van der Waals surface area contributed by atoms with Crippen molar-refractivity contribution in [3.05, 3.63) is 155 Å². The second kappa shape index (κ2) is 13.5. The molecule has 0 fully saturated rings. The van der Waals surface area contributed by atoms with Gasteiger partial charge in [0.25, 0.3) is 0 Å². The Morgan fingerprint density at radius 1 is 0.717 bits per heavy atom. The summed E-state index contributed by atoms with van der Waals surface area (Å²) in [5, 5.41) is 2.39. The summed E-state index contributed by atoms with van der Waals surface area (Å²) in [5.74, 6) is 0.610. The van der Waals surface area contributed by atoms with Crippen LogP contribution in [0.4, 0.5) is 17.1 Å². The minimum atomic E-state index is -0.379. The molecule has 0 heterocycles. The molecule has 0 aliphatic rings. The second-order valence-corrected chi connectivity index (χ2v) is 12.4. The summed E-state index contributed by atoms with van der Waals surface area (Å²) in [6.07, 6.45) is 2.12. The van der Waals surface area contributed by atoms with Crippen molar-refractivity contribution in [2.75, 3.05) is 4.90 Å². The molecule has 0 unspecified atom stereocenters. The molecular weight excluding hydrogens is 562 g/mol. The molecule has 0 radical (unpaired) electrons. The summed E-state index contributed by atoms with van der Waals surface area (Å²) in [6, 6.07) is 43.7.